The maximum atomic E-state index is 12.7. The molecule has 0 amide bonds. The minimum absolute atomic E-state index is 0.155. The van der Waals surface area contributed by atoms with E-state index in [2.05, 4.69) is 35.9 Å². The van der Waals surface area contributed by atoms with Gasteiger partial charge in [0.15, 0.2) is 0 Å². The van der Waals surface area contributed by atoms with Crippen molar-refractivity contribution in [3.63, 3.8) is 0 Å². The molecule has 1 aliphatic carbocycles. The Bertz CT molecular complexity index is 948. The van der Waals surface area contributed by atoms with E-state index in [-0.39, 0.29) is 5.92 Å². The van der Waals surface area contributed by atoms with Crippen LogP contribution < -0.4 is 0 Å². The fraction of sp³-hybridized carbons (Fsp3) is 0.381. The molecule has 3 aromatic rings. The standard InChI is InChI=1S/C21H23N3O2/c1-20(2)17(15-7-4-3-5-8-15)9-6-10-21(20,19(25)26)18-23-14-16-13-22-11-12-24(16)18/h3-5,7-8,11-14,17H,6,9-10H2,1-2H3,(H,25,26). The lowest BCUT2D eigenvalue weighted by molar-refractivity contribution is -0.153. The third-order valence-electron chi connectivity index (χ3n) is 6.30. The van der Waals surface area contributed by atoms with Crippen LogP contribution in [-0.4, -0.2) is 25.4 Å². The molecule has 0 spiro atoms. The van der Waals surface area contributed by atoms with Gasteiger partial charge in [-0.05, 0) is 29.7 Å². The molecule has 0 radical (unpaired) electrons. The lowest BCUT2D eigenvalue weighted by Crippen LogP contribution is -2.54. The van der Waals surface area contributed by atoms with Gasteiger partial charge in [0.05, 0.1) is 17.9 Å². The summed E-state index contributed by atoms with van der Waals surface area (Å²) in [6.07, 6.45) is 9.35. The topological polar surface area (TPSA) is 67.5 Å². The minimum atomic E-state index is -1.06. The summed E-state index contributed by atoms with van der Waals surface area (Å²) < 4.78 is 1.89. The first-order valence-electron chi connectivity index (χ1n) is 9.04. The summed E-state index contributed by atoms with van der Waals surface area (Å²) in [5, 5.41) is 10.5. The van der Waals surface area contributed by atoms with Crippen molar-refractivity contribution < 1.29 is 9.90 Å². The molecule has 2 heterocycles. The van der Waals surface area contributed by atoms with Crippen molar-refractivity contribution in [2.45, 2.75) is 44.4 Å². The number of rotatable bonds is 3. The van der Waals surface area contributed by atoms with Crippen molar-refractivity contribution in [3.8, 4) is 0 Å². The fourth-order valence-electron chi connectivity index (χ4n) is 4.87. The summed E-state index contributed by atoms with van der Waals surface area (Å²) in [5.74, 6) is -0.0387. The molecule has 1 aliphatic rings. The molecule has 1 N–H and O–H groups in total. The van der Waals surface area contributed by atoms with Gasteiger partial charge >= 0.3 is 5.97 Å². The summed E-state index contributed by atoms with van der Waals surface area (Å²) in [6.45, 7) is 4.17. The molecule has 0 saturated heterocycles. The zero-order valence-electron chi connectivity index (χ0n) is 15.1. The van der Waals surface area contributed by atoms with Gasteiger partial charge in [-0.25, -0.2) is 4.98 Å². The molecule has 0 bridgehead atoms. The van der Waals surface area contributed by atoms with Gasteiger partial charge in [0.2, 0.25) is 0 Å². The Morgan fingerprint density at radius 3 is 2.73 bits per heavy atom. The van der Waals surface area contributed by atoms with Gasteiger partial charge in [0.1, 0.15) is 11.2 Å². The average Bonchev–Trinajstić information content (AvgIpc) is 3.06. The lowest BCUT2D eigenvalue weighted by Gasteiger charge is -2.51. The zero-order chi connectivity index (χ0) is 18.4. The van der Waals surface area contributed by atoms with E-state index in [9.17, 15) is 9.90 Å². The number of aromatic nitrogens is 3. The first-order valence-corrected chi connectivity index (χ1v) is 9.04. The summed E-state index contributed by atoms with van der Waals surface area (Å²) in [7, 11) is 0. The second-order valence-corrected chi connectivity index (χ2v) is 7.74. The molecule has 2 atom stereocenters. The van der Waals surface area contributed by atoms with Gasteiger partial charge < -0.3 is 5.11 Å². The Kier molecular flexibility index (Phi) is 3.83. The molecule has 5 nitrogen and oxygen atoms in total. The third-order valence-corrected chi connectivity index (χ3v) is 6.30. The molecule has 1 fully saturated rings. The normalized spacial score (nSPS) is 25.2. The summed E-state index contributed by atoms with van der Waals surface area (Å²) in [4.78, 5) is 21.4. The van der Waals surface area contributed by atoms with Gasteiger partial charge in [0.25, 0.3) is 0 Å². The highest BCUT2D eigenvalue weighted by Gasteiger charge is 2.60. The highest BCUT2D eigenvalue weighted by molar-refractivity contribution is 5.82. The van der Waals surface area contributed by atoms with Crippen molar-refractivity contribution in [2.24, 2.45) is 5.41 Å². The number of carbonyl (C=O) groups is 1. The number of imidazole rings is 1. The summed E-state index contributed by atoms with van der Waals surface area (Å²) in [6, 6.07) is 10.3. The SMILES string of the molecule is CC1(C)C(c2ccccc2)CCCC1(C(=O)O)c1ncc2cnccn12. The van der Waals surface area contributed by atoms with Crippen LogP contribution in [0.25, 0.3) is 5.52 Å². The number of fused-ring (bicyclic) bond motifs is 1. The maximum absolute atomic E-state index is 12.7. The molecule has 1 saturated carbocycles. The smallest absolute Gasteiger partial charge is 0.317 e. The largest absolute Gasteiger partial charge is 0.480 e. The number of benzene rings is 1. The van der Waals surface area contributed by atoms with Crippen molar-refractivity contribution in [1.82, 2.24) is 14.4 Å². The van der Waals surface area contributed by atoms with E-state index < -0.39 is 16.8 Å². The number of nitrogens with zero attached hydrogens (tertiary/aromatic N) is 3. The van der Waals surface area contributed by atoms with Crippen LogP contribution in [0.15, 0.2) is 55.1 Å². The Balaban J connectivity index is 1.94. The Morgan fingerprint density at radius 1 is 1.23 bits per heavy atom. The van der Waals surface area contributed by atoms with Gasteiger partial charge in [-0.1, -0.05) is 50.6 Å². The molecular weight excluding hydrogens is 326 g/mol. The Morgan fingerprint density at radius 2 is 2.00 bits per heavy atom. The van der Waals surface area contributed by atoms with Crippen LogP contribution in [0.2, 0.25) is 0 Å². The van der Waals surface area contributed by atoms with Crippen molar-refractivity contribution >= 4 is 11.5 Å². The number of carboxylic acids is 1. The van der Waals surface area contributed by atoms with E-state index in [1.165, 1.54) is 5.56 Å². The second-order valence-electron chi connectivity index (χ2n) is 7.74. The van der Waals surface area contributed by atoms with E-state index in [4.69, 9.17) is 0 Å². The van der Waals surface area contributed by atoms with Crippen LogP contribution in [-0.2, 0) is 10.2 Å². The molecule has 5 heteroatoms. The van der Waals surface area contributed by atoms with E-state index in [0.717, 1.165) is 18.4 Å². The predicted octanol–water partition coefficient (Wildman–Crippen LogP) is 4.05. The Labute approximate surface area is 152 Å². The summed E-state index contributed by atoms with van der Waals surface area (Å²) >= 11 is 0. The van der Waals surface area contributed by atoms with Crippen LogP contribution >= 0.6 is 0 Å². The molecular formula is C21H23N3O2. The fourth-order valence-corrected chi connectivity index (χ4v) is 4.87. The molecule has 2 aromatic heterocycles. The van der Waals surface area contributed by atoms with Gasteiger partial charge in [0, 0.05) is 12.4 Å². The van der Waals surface area contributed by atoms with Gasteiger partial charge in [-0.15, -0.1) is 0 Å². The zero-order valence-corrected chi connectivity index (χ0v) is 15.1. The molecule has 1 aromatic carbocycles. The monoisotopic (exact) mass is 349 g/mol. The predicted molar refractivity (Wildman–Crippen MR) is 99.1 cm³/mol. The molecule has 4 rings (SSSR count). The number of hydrogen-bond donors (Lipinski definition) is 1. The van der Waals surface area contributed by atoms with Crippen LogP contribution in [0.5, 0.6) is 0 Å². The van der Waals surface area contributed by atoms with E-state index in [0.29, 0.717) is 12.2 Å². The third kappa shape index (κ3) is 2.19. The van der Waals surface area contributed by atoms with Crippen LogP contribution in [0.1, 0.15) is 50.4 Å². The van der Waals surface area contributed by atoms with Crippen molar-refractivity contribution in [1.29, 1.82) is 0 Å². The van der Waals surface area contributed by atoms with Gasteiger partial charge in [-0.3, -0.25) is 14.2 Å². The van der Waals surface area contributed by atoms with Crippen LogP contribution in [0.3, 0.4) is 0 Å². The number of hydrogen-bond acceptors (Lipinski definition) is 3. The molecule has 2 unspecified atom stereocenters. The first kappa shape index (κ1) is 16.8. The van der Waals surface area contributed by atoms with E-state index in [1.54, 1.807) is 18.6 Å². The first-order chi connectivity index (χ1) is 12.5. The van der Waals surface area contributed by atoms with E-state index >= 15 is 0 Å². The average molecular weight is 349 g/mol. The Hall–Kier alpha value is -2.69. The van der Waals surface area contributed by atoms with Crippen LogP contribution in [0.4, 0.5) is 0 Å². The molecule has 0 aliphatic heterocycles. The summed E-state index contributed by atoms with van der Waals surface area (Å²) in [5.41, 5.74) is 0.466. The second kappa shape index (κ2) is 5.94. The van der Waals surface area contributed by atoms with Crippen molar-refractivity contribution in [3.05, 3.63) is 66.5 Å². The quantitative estimate of drug-likeness (QED) is 0.775. The maximum Gasteiger partial charge on any atom is 0.317 e. The number of aliphatic carboxylic acids is 1. The number of carboxylic acid groups (broad SMARTS) is 1. The van der Waals surface area contributed by atoms with Crippen LogP contribution in [0, 0.1) is 5.41 Å². The van der Waals surface area contributed by atoms with Gasteiger partial charge in [-0.2, -0.15) is 0 Å². The minimum Gasteiger partial charge on any atom is -0.480 e. The van der Waals surface area contributed by atoms with Crippen molar-refractivity contribution in [2.75, 3.05) is 0 Å². The highest BCUT2D eigenvalue weighted by atomic mass is 16.4. The lowest BCUT2D eigenvalue weighted by atomic mass is 9.51. The molecule has 134 valence electrons. The molecule has 26 heavy (non-hydrogen) atoms. The highest BCUT2D eigenvalue weighted by Crippen LogP contribution is 2.58. The van der Waals surface area contributed by atoms with E-state index in [1.807, 2.05) is 28.8 Å².